The first-order valence-corrected chi connectivity index (χ1v) is 6.87. The zero-order chi connectivity index (χ0) is 17.4. The lowest BCUT2D eigenvalue weighted by atomic mass is 10.3. The Bertz CT molecular complexity index is 342. The molecule has 1 unspecified atom stereocenters. The van der Waals surface area contributed by atoms with Crippen LogP contribution in [-0.4, -0.2) is 50.2 Å². The summed E-state index contributed by atoms with van der Waals surface area (Å²) < 4.78 is 8.82. The lowest BCUT2D eigenvalue weighted by molar-refractivity contribution is -0.141. The van der Waals surface area contributed by atoms with E-state index in [1.807, 2.05) is 41.5 Å². The summed E-state index contributed by atoms with van der Waals surface area (Å²) in [6.45, 7) is 13.2. The zero-order valence-corrected chi connectivity index (χ0v) is 14.8. The van der Waals surface area contributed by atoms with E-state index in [1.165, 1.54) is 14.2 Å². The summed E-state index contributed by atoms with van der Waals surface area (Å²) in [7, 11) is 2.71. The number of carbonyl (C=O) groups is 2. The van der Waals surface area contributed by atoms with Gasteiger partial charge in [-0.2, -0.15) is 0 Å². The van der Waals surface area contributed by atoms with E-state index in [2.05, 4.69) is 19.5 Å². The number of esters is 2. The maximum atomic E-state index is 10.7. The molecule has 1 atom stereocenters. The summed E-state index contributed by atoms with van der Waals surface area (Å²) in [5.74, 6) is -0.586. The van der Waals surface area contributed by atoms with Gasteiger partial charge in [-0.3, -0.25) is 14.8 Å². The van der Waals surface area contributed by atoms with Gasteiger partial charge in [0, 0.05) is 11.4 Å². The van der Waals surface area contributed by atoms with Crippen LogP contribution >= 0.6 is 0 Å². The summed E-state index contributed by atoms with van der Waals surface area (Å²) in [5, 5.41) is 0. The molecule has 0 radical (unpaired) electrons. The van der Waals surface area contributed by atoms with Crippen LogP contribution in [0.25, 0.3) is 0 Å². The monoisotopic (exact) mass is 318 g/mol. The summed E-state index contributed by atoms with van der Waals surface area (Å²) in [4.78, 5) is 28.9. The zero-order valence-electron chi connectivity index (χ0n) is 14.8. The summed E-state index contributed by atoms with van der Waals surface area (Å²) in [6.07, 6.45) is 0. The molecule has 0 aromatic carbocycles. The maximum absolute atomic E-state index is 10.7. The Hall–Kier alpha value is -1.72. The van der Waals surface area contributed by atoms with Gasteiger partial charge >= 0.3 is 11.9 Å². The number of carbonyl (C=O) groups excluding carboxylic acids is 2. The SMILES string of the molecule is C.CC.COC(=O)C(C)N=C(C)C.COC(=O)CN=C(C)C. The molecule has 0 aromatic rings. The number of hydrogen-bond acceptors (Lipinski definition) is 6. The molecule has 0 saturated carbocycles. The van der Waals surface area contributed by atoms with Crippen molar-refractivity contribution in [1.29, 1.82) is 0 Å². The summed E-state index contributed by atoms with van der Waals surface area (Å²) in [5.41, 5.74) is 1.78. The van der Waals surface area contributed by atoms with Gasteiger partial charge in [0.2, 0.25) is 0 Å². The van der Waals surface area contributed by atoms with Crippen LogP contribution in [0, 0.1) is 0 Å². The standard InChI is InChI=1S/C7H13NO2.C6H11NO2.C2H6.CH4/c1-5(2)8-6(3)7(9)10-4;1-5(2)7-4-6(8)9-3;1-2;/h6H,1-4H3;4H2,1-3H3;1-2H3;1H4. The van der Waals surface area contributed by atoms with Crippen molar-refractivity contribution in [1.82, 2.24) is 0 Å². The molecule has 0 bridgehead atoms. The van der Waals surface area contributed by atoms with E-state index in [9.17, 15) is 9.59 Å². The summed E-state index contributed by atoms with van der Waals surface area (Å²) in [6, 6.07) is -0.366. The fourth-order valence-electron chi connectivity index (χ4n) is 0.898. The topological polar surface area (TPSA) is 77.3 Å². The number of nitrogens with zero attached hydrogens (tertiary/aromatic N) is 2. The van der Waals surface area contributed by atoms with E-state index in [4.69, 9.17) is 0 Å². The van der Waals surface area contributed by atoms with Crippen molar-refractivity contribution >= 4 is 23.4 Å². The Morgan fingerprint density at radius 3 is 1.68 bits per heavy atom. The molecule has 0 saturated heterocycles. The molecule has 0 aliphatic rings. The number of methoxy groups -OCH3 is 2. The fraction of sp³-hybridized carbons (Fsp3) is 0.750. The van der Waals surface area contributed by atoms with Crippen LogP contribution < -0.4 is 0 Å². The fourth-order valence-corrected chi connectivity index (χ4v) is 0.898. The van der Waals surface area contributed by atoms with Crippen LogP contribution in [0.2, 0.25) is 0 Å². The molecule has 0 aliphatic heterocycles. The second kappa shape index (κ2) is 19.3. The molecule has 6 nitrogen and oxygen atoms in total. The highest BCUT2D eigenvalue weighted by atomic mass is 16.5. The lowest BCUT2D eigenvalue weighted by Gasteiger charge is -2.02. The minimum Gasteiger partial charge on any atom is -0.468 e. The Morgan fingerprint density at radius 2 is 1.41 bits per heavy atom. The van der Waals surface area contributed by atoms with Crippen LogP contribution in [-0.2, 0) is 19.1 Å². The molecule has 0 fully saturated rings. The first-order chi connectivity index (χ1) is 9.74. The molecule has 0 rings (SSSR count). The number of hydrogen-bond donors (Lipinski definition) is 0. The van der Waals surface area contributed by atoms with E-state index in [0.717, 1.165) is 11.4 Å². The minimum atomic E-state index is -0.366. The molecule has 22 heavy (non-hydrogen) atoms. The highest BCUT2D eigenvalue weighted by Gasteiger charge is 2.09. The maximum Gasteiger partial charge on any atom is 0.330 e. The Balaban J connectivity index is -0.000000127. The number of ether oxygens (including phenoxy) is 2. The van der Waals surface area contributed by atoms with Gasteiger partial charge in [-0.15, -0.1) is 0 Å². The van der Waals surface area contributed by atoms with Crippen molar-refractivity contribution in [3.63, 3.8) is 0 Å². The number of aliphatic imine (C=N–C) groups is 2. The van der Waals surface area contributed by atoms with E-state index in [0.29, 0.717) is 0 Å². The van der Waals surface area contributed by atoms with E-state index in [1.54, 1.807) is 6.92 Å². The quantitative estimate of drug-likeness (QED) is 0.588. The Morgan fingerprint density at radius 1 is 0.955 bits per heavy atom. The van der Waals surface area contributed by atoms with Crippen molar-refractivity contribution in [3.05, 3.63) is 0 Å². The molecule has 0 spiro atoms. The van der Waals surface area contributed by atoms with Crippen molar-refractivity contribution in [2.75, 3.05) is 20.8 Å². The second-order valence-corrected chi connectivity index (χ2v) is 4.12. The molecule has 0 aliphatic carbocycles. The highest BCUT2D eigenvalue weighted by molar-refractivity contribution is 5.84. The van der Waals surface area contributed by atoms with Crippen molar-refractivity contribution < 1.29 is 19.1 Å². The van der Waals surface area contributed by atoms with E-state index < -0.39 is 0 Å². The van der Waals surface area contributed by atoms with Gasteiger partial charge in [-0.25, -0.2) is 4.79 Å². The van der Waals surface area contributed by atoms with Crippen molar-refractivity contribution in [2.24, 2.45) is 9.98 Å². The van der Waals surface area contributed by atoms with E-state index in [-0.39, 0.29) is 32.0 Å². The first kappa shape index (κ1) is 28.4. The average molecular weight is 318 g/mol. The van der Waals surface area contributed by atoms with Gasteiger partial charge in [-0.1, -0.05) is 21.3 Å². The van der Waals surface area contributed by atoms with Gasteiger partial charge < -0.3 is 9.47 Å². The van der Waals surface area contributed by atoms with E-state index >= 15 is 0 Å². The smallest absolute Gasteiger partial charge is 0.330 e. The van der Waals surface area contributed by atoms with Gasteiger partial charge in [-0.05, 0) is 34.6 Å². The highest BCUT2D eigenvalue weighted by Crippen LogP contribution is 1.92. The van der Waals surface area contributed by atoms with Crippen LogP contribution in [0.5, 0.6) is 0 Å². The van der Waals surface area contributed by atoms with Crippen molar-refractivity contribution in [3.8, 4) is 0 Å². The van der Waals surface area contributed by atoms with Gasteiger partial charge in [0.05, 0.1) is 14.2 Å². The summed E-state index contributed by atoms with van der Waals surface area (Å²) >= 11 is 0. The molecule has 0 heterocycles. The molecular formula is C16H34N2O4. The van der Waals surface area contributed by atoms with Gasteiger partial charge in [0.25, 0.3) is 0 Å². The Labute approximate surface area is 136 Å². The van der Waals surface area contributed by atoms with Gasteiger partial charge in [0.15, 0.2) is 0 Å². The van der Waals surface area contributed by atoms with Crippen LogP contribution in [0.4, 0.5) is 0 Å². The lowest BCUT2D eigenvalue weighted by Crippen LogP contribution is -2.16. The van der Waals surface area contributed by atoms with Crippen molar-refractivity contribution in [2.45, 2.75) is 61.9 Å². The molecular weight excluding hydrogens is 284 g/mol. The molecule has 0 amide bonds. The Kier molecular flexibility index (Phi) is 24.9. The predicted octanol–water partition coefficient (Wildman–Crippen LogP) is 3.33. The predicted molar refractivity (Wildman–Crippen MR) is 94.0 cm³/mol. The molecule has 0 N–H and O–H groups in total. The minimum absolute atomic E-state index is 0. The van der Waals surface area contributed by atoms with Crippen LogP contribution in [0.1, 0.15) is 55.9 Å². The normalized spacial score (nSPS) is 9.14. The first-order valence-electron chi connectivity index (χ1n) is 6.87. The second-order valence-electron chi connectivity index (χ2n) is 4.12. The van der Waals surface area contributed by atoms with Crippen LogP contribution in [0.3, 0.4) is 0 Å². The average Bonchev–Trinajstić information content (AvgIpc) is 2.45. The number of rotatable bonds is 4. The van der Waals surface area contributed by atoms with Crippen LogP contribution in [0.15, 0.2) is 9.98 Å². The third-order valence-corrected chi connectivity index (χ3v) is 1.75. The van der Waals surface area contributed by atoms with Gasteiger partial charge in [0.1, 0.15) is 12.6 Å². The largest absolute Gasteiger partial charge is 0.468 e. The third kappa shape index (κ3) is 23.4. The molecule has 6 heteroatoms. The third-order valence-electron chi connectivity index (χ3n) is 1.75. The molecule has 132 valence electrons. The molecule has 0 aromatic heterocycles.